The molecule has 1 fully saturated rings. The molecule has 1 aromatic rings. The number of carbonyl (C=O) groups excluding carboxylic acids is 3. The molecule has 0 spiro atoms. The van der Waals surface area contributed by atoms with Crippen LogP contribution in [-0.2, 0) is 27.3 Å². The van der Waals surface area contributed by atoms with Crippen molar-refractivity contribution in [3.8, 4) is 0 Å². The van der Waals surface area contributed by atoms with E-state index in [9.17, 15) is 14.4 Å². The molecule has 1 heterocycles. The van der Waals surface area contributed by atoms with E-state index in [1.54, 1.807) is 23.9 Å². The molecule has 3 amide bonds. The van der Waals surface area contributed by atoms with E-state index in [1.165, 1.54) is 0 Å². The number of nitrogens with zero attached hydrogens (tertiary/aromatic N) is 2. The molecule has 0 bridgehead atoms. The Labute approximate surface area is 154 Å². The molecule has 1 atom stereocenters. The van der Waals surface area contributed by atoms with Gasteiger partial charge in [0.05, 0.1) is 0 Å². The molecule has 26 heavy (non-hydrogen) atoms. The third kappa shape index (κ3) is 3.89. The number of benzene rings is 1. The topological polar surface area (TPSA) is 69.7 Å². The second kappa shape index (κ2) is 7.48. The number of hydrogen-bond donors (Lipinski definition) is 1. The molecule has 1 N–H and O–H groups in total. The lowest BCUT2D eigenvalue weighted by atomic mass is 9.92. The highest BCUT2D eigenvalue weighted by atomic mass is 16.2. The van der Waals surface area contributed by atoms with E-state index in [-0.39, 0.29) is 23.6 Å². The van der Waals surface area contributed by atoms with Crippen LogP contribution in [0.5, 0.6) is 0 Å². The van der Waals surface area contributed by atoms with Gasteiger partial charge in [0.1, 0.15) is 6.04 Å². The minimum absolute atomic E-state index is 0.00478. The number of amides is 3. The first-order valence-corrected chi connectivity index (χ1v) is 9.34. The van der Waals surface area contributed by atoms with Crippen LogP contribution in [-0.4, -0.2) is 47.7 Å². The minimum Gasteiger partial charge on any atom is -0.347 e. The van der Waals surface area contributed by atoms with Crippen LogP contribution in [0.1, 0.15) is 43.7 Å². The van der Waals surface area contributed by atoms with Gasteiger partial charge in [-0.15, -0.1) is 0 Å². The van der Waals surface area contributed by atoms with Crippen molar-refractivity contribution in [2.24, 2.45) is 5.92 Å². The lowest BCUT2D eigenvalue weighted by Crippen LogP contribution is -2.52. The highest BCUT2D eigenvalue weighted by molar-refractivity contribution is 5.92. The summed E-state index contributed by atoms with van der Waals surface area (Å²) in [4.78, 5) is 40.5. The Morgan fingerprint density at radius 3 is 2.54 bits per heavy atom. The molecule has 1 unspecified atom stereocenters. The van der Waals surface area contributed by atoms with Crippen molar-refractivity contribution in [2.45, 2.75) is 51.6 Å². The fourth-order valence-electron chi connectivity index (χ4n) is 3.43. The van der Waals surface area contributed by atoms with Gasteiger partial charge in [0.15, 0.2) is 0 Å². The number of rotatable bonds is 5. The van der Waals surface area contributed by atoms with E-state index in [4.69, 9.17) is 0 Å². The van der Waals surface area contributed by atoms with Gasteiger partial charge in [-0.1, -0.05) is 13.0 Å². The first-order valence-electron chi connectivity index (χ1n) is 9.34. The smallest absolute Gasteiger partial charge is 0.245 e. The maximum atomic E-state index is 12.7. The monoisotopic (exact) mass is 357 g/mol. The molecule has 1 aliphatic heterocycles. The van der Waals surface area contributed by atoms with Crippen molar-refractivity contribution < 1.29 is 14.4 Å². The molecule has 1 saturated carbocycles. The first-order chi connectivity index (χ1) is 12.4. The number of likely N-dealkylation sites (N-methyl/N-ethyl adjacent to an activating group) is 1. The quantitative estimate of drug-likeness (QED) is 0.878. The van der Waals surface area contributed by atoms with Crippen molar-refractivity contribution in [1.82, 2.24) is 9.80 Å². The molecule has 3 rings (SSSR count). The number of fused-ring (bicyclic) bond motifs is 1. The summed E-state index contributed by atoms with van der Waals surface area (Å²) in [6, 6.07) is 5.34. The van der Waals surface area contributed by atoms with Crippen LogP contribution in [0.15, 0.2) is 18.2 Å². The molecule has 6 nitrogen and oxygen atoms in total. The zero-order valence-corrected chi connectivity index (χ0v) is 15.7. The molecule has 1 aromatic carbocycles. The summed E-state index contributed by atoms with van der Waals surface area (Å²) in [6.45, 7) is 2.39. The second-order valence-electron chi connectivity index (χ2n) is 7.47. The van der Waals surface area contributed by atoms with Crippen LogP contribution in [0.4, 0.5) is 5.69 Å². The summed E-state index contributed by atoms with van der Waals surface area (Å²) in [5, 5.41) is 2.91. The van der Waals surface area contributed by atoms with E-state index >= 15 is 0 Å². The van der Waals surface area contributed by atoms with Crippen LogP contribution in [0.2, 0.25) is 0 Å². The number of hydrogen-bond acceptors (Lipinski definition) is 3. The molecule has 6 heteroatoms. The summed E-state index contributed by atoms with van der Waals surface area (Å²) in [5.41, 5.74) is 2.83. The van der Waals surface area contributed by atoms with Crippen molar-refractivity contribution in [3.05, 3.63) is 29.3 Å². The molecule has 0 radical (unpaired) electrons. The largest absolute Gasteiger partial charge is 0.347 e. The zero-order valence-electron chi connectivity index (χ0n) is 15.7. The van der Waals surface area contributed by atoms with Gasteiger partial charge in [-0.2, -0.15) is 0 Å². The highest BCUT2D eigenvalue weighted by Crippen LogP contribution is 2.35. The summed E-state index contributed by atoms with van der Waals surface area (Å²) >= 11 is 0. The predicted molar refractivity (Wildman–Crippen MR) is 99.4 cm³/mol. The van der Waals surface area contributed by atoms with Crippen LogP contribution in [0.25, 0.3) is 0 Å². The number of anilines is 1. The van der Waals surface area contributed by atoms with Crippen molar-refractivity contribution in [3.63, 3.8) is 0 Å². The third-order valence-electron chi connectivity index (χ3n) is 5.03. The summed E-state index contributed by atoms with van der Waals surface area (Å²) < 4.78 is 0. The lowest BCUT2D eigenvalue weighted by molar-refractivity contribution is -0.146. The third-order valence-corrected chi connectivity index (χ3v) is 5.03. The fourth-order valence-corrected chi connectivity index (χ4v) is 3.43. The maximum Gasteiger partial charge on any atom is 0.245 e. The zero-order chi connectivity index (χ0) is 18.8. The fraction of sp³-hybridized carbons (Fsp3) is 0.550. The summed E-state index contributed by atoms with van der Waals surface area (Å²) in [6.07, 6.45) is 3.64. The van der Waals surface area contributed by atoms with E-state index in [2.05, 4.69) is 5.32 Å². The highest BCUT2D eigenvalue weighted by Gasteiger charge is 2.41. The average molecular weight is 357 g/mol. The van der Waals surface area contributed by atoms with Gasteiger partial charge in [0.25, 0.3) is 0 Å². The first kappa shape index (κ1) is 18.4. The molecular weight excluding hydrogens is 330 g/mol. The molecule has 2 aliphatic rings. The molecule has 1 aliphatic carbocycles. The Kier molecular flexibility index (Phi) is 5.30. The number of nitrogens with one attached hydrogen (secondary N) is 1. The van der Waals surface area contributed by atoms with E-state index < -0.39 is 6.04 Å². The van der Waals surface area contributed by atoms with Crippen LogP contribution in [0.3, 0.4) is 0 Å². The molecule has 140 valence electrons. The Bertz CT molecular complexity index is 725. The average Bonchev–Trinajstić information content (AvgIpc) is 3.44. The Morgan fingerprint density at radius 1 is 1.19 bits per heavy atom. The van der Waals surface area contributed by atoms with Crippen LogP contribution >= 0.6 is 0 Å². The molecule has 0 aromatic heterocycles. The lowest BCUT2D eigenvalue weighted by Gasteiger charge is -2.37. The molecule has 0 saturated heterocycles. The van der Waals surface area contributed by atoms with Gasteiger partial charge in [-0.25, -0.2) is 0 Å². The van der Waals surface area contributed by atoms with Crippen molar-refractivity contribution in [2.75, 3.05) is 19.4 Å². The van der Waals surface area contributed by atoms with Gasteiger partial charge >= 0.3 is 0 Å². The summed E-state index contributed by atoms with van der Waals surface area (Å²) in [7, 11) is 3.45. The van der Waals surface area contributed by atoms with E-state index in [0.717, 1.165) is 36.1 Å². The SMILES string of the molecule is CCCC(=O)Nc1ccc2c(c1)CN(C(=O)C1CC1)C(C(=O)N(C)C)C2. The van der Waals surface area contributed by atoms with E-state index in [0.29, 0.717) is 19.4 Å². The minimum atomic E-state index is -0.439. The van der Waals surface area contributed by atoms with Crippen LogP contribution < -0.4 is 5.32 Å². The van der Waals surface area contributed by atoms with Crippen molar-refractivity contribution in [1.29, 1.82) is 0 Å². The second-order valence-corrected chi connectivity index (χ2v) is 7.47. The normalized spacial score (nSPS) is 18.9. The predicted octanol–water partition coefficient (Wildman–Crippen LogP) is 2.18. The Morgan fingerprint density at radius 2 is 1.92 bits per heavy atom. The number of carbonyl (C=O) groups is 3. The van der Waals surface area contributed by atoms with Gasteiger partial charge in [-0.05, 0) is 42.5 Å². The van der Waals surface area contributed by atoms with Gasteiger partial charge in [-0.3, -0.25) is 14.4 Å². The van der Waals surface area contributed by atoms with Gasteiger partial charge in [0.2, 0.25) is 17.7 Å². The van der Waals surface area contributed by atoms with Crippen LogP contribution in [0, 0.1) is 5.92 Å². The van der Waals surface area contributed by atoms with Gasteiger partial charge in [0, 0.05) is 45.1 Å². The Balaban J connectivity index is 1.85. The Hall–Kier alpha value is -2.37. The summed E-state index contributed by atoms with van der Waals surface area (Å²) in [5.74, 6) is 0.109. The maximum absolute atomic E-state index is 12.7. The van der Waals surface area contributed by atoms with Gasteiger partial charge < -0.3 is 15.1 Å². The standard InChI is InChI=1S/C20H27N3O3/c1-4-5-18(24)21-16-9-8-14-11-17(20(26)22(2)3)23(12-15(14)10-16)19(25)13-6-7-13/h8-10,13,17H,4-7,11-12H2,1-3H3,(H,21,24). The van der Waals surface area contributed by atoms with Crippen molar-refractivity contribution >= 4 is 23.4 Å². The van der Waals surface area contributed by atoms with E-state index in [1.807, 2.05) is 25.1 Å². The molecular formula is C20H27N3O3.